The number of nitrogens with zero attached hydrogens (tertiary/aromatic N) is 4. The average molecular weight is 309 g/mol. The van der Waals surface area contributed by atoms with Gasteiger partial charge in [-0.3, -0.25) is 4.79 Å². The highest BCUT2D eigenvalue weighted by Gasteiger charge is 2.28. The van der Waals surface area contributed by atoms with Crippen LogP contribution in [0.4, 0.5) is 5.82 Å². The van der Waals surface area contributed by atoms with Crippen LogP contribution in [0.1, 0.15) is 24.9 Å². The molecule has 6 heteroatoms. The standard InChI is InChI=1S/C17H19N5O/c1-13(14-5-3-2-4-6-14)22-10-16(19-12-22)20-17(23)15-7-8-21(9-15)11-18/h2-6,10,12-13,15H,7-9H2,1H3,(H,20,23)/t13-,15+/m1/s1. The Balaban J connectivity index is 1.64. The van der Waals surface area contributed by atoms with E-state index in [0.717, 1.165) is 0 Å². The molecule has 1 aromatic carbocycles. The van der Waals surface area contributed by atoms with Crippen molar-refractivity contribution in [3.05, 3.63) is 48.4 Å². The van der Waals surface area contributed by atoms with Gasteiger partial charge in [0, 0.05) is 19.3 Å². The van der Waals surface area contributed by atoms with Crippen molar-refractivity contribution in [1.82, 2.24) is 14.5 Å². The zero-order valence-electron chi connectivity index (χ0n) is 13.0. The summed E-state index contributed by atoms with van der Waals surface area (Å²) in [6.07, 6.45) is 6.36. The van der Waals surface area contributed by atoms with E-state index in [0.29, 0.717) is 25.3 Å². The molecule has 0 aliphatic carbocycles. The molecule has 6 nitrogen and oxygen atoms in total. The van der Waals surface area contributed by atoms with Gasteiger partial charge in [-0.2, -0.15) is 5.26 Å². The summed E-state index contributed by atoms with van der Waals surface area (Å²) in [6, 6.07) is 10.3. The monoisotopic (exact) mass is 309 g/mol. The number of imidazole rings is 1. The summed E-state index contributed by atoms with van der Waals surface area (Å²) in [5.74, 6) is 0.333. The van der Waals surface area contributed by atoms with Gasteiger partial charge in [-0.05, 0) is 18.9 Å². The van der Waals surface area contributed by atoms with Crippen LogP contribution < -0.4 is 5.32 Å². The van der Waals surface area contributed by atoms with Crippen LogP contribution in [0.5, 0.6) is 0 Å². The van der Waals surface area contributed by atoms with Crippen LogP contribution in [0, 0.1) is 17.4 Å². The molecule has 3 rings (SSSR count). The highest BCUT2D eigenvalue weighted by atomic mass is 16.2. The number of nitrogens with one attached hydrogen (secondary N) is 1. The highest BCUT2D eigenvalue weighted by Crippen LogP contribution is 2.20. The summed E-state index contributed by atoms with van der Waals surface area (Å²) in [6.45, 7) is 3.22. The zero-order chi connectivity index (χ0) is 16.2. The van der Waals surface area contributed by atoms with E-state index in [1.165, 1.54) is 5.56 Å². The Morgan fingerprint density at radius 2 is 2.22 bits per heavy atom. The van der Waals surface area contributed by atoms with Crippen molar-refractivity contribution in [1.29, 1.82) is 5.26 Å². The van der Waals surface area contributed by atoms with Crippen LogP contribution in [0.25, 0.3) is 0 Å². The molecule has 0 saturated carbocycles. The second kappa shape index (κ2) is 6.53. The van der Waals surface area contributed by atoms with Crippen LogP contribution in [-0.4, -0.2) is 33.4 Å². The number of aromatic nitrogens is 2. The van der Waals surface area contributed by atoms with E-state index in [1.807, 2.05) is 29.0 Å². The zero-order valence-corrected chi connectivity index (χ0v) is 13.0. The molecule has 1 fully saturated rings. The predicted molar refractivity (Wildman–Crippen MR) is 86.4 cm³/mol. The number of carbonyl (C=O) groups excluding carboxylic acids is 1. The molecule has 23 heavy (non-hydrogen) atoms. The van der Waals surface area contributed by atoms with E-state index < -0.39 is 0 Å². The molecule has 0 unspecified atom stereocenters. The van der Waals surface area contributed by atoms with E-state index in [9.17, 15) is 4.79 Å². The largest absolute Gasteiger partial charge is 0.328 e. The second-order valence-corrected chi connectivity index (χ2v) is 5.81. The van der Waals surface area contributed by atoms with Crippen molar-refractivity contribution in [2.45, 2.75) is 19.4 Å². The van der Waals surface area contributed by atoms with Gasteiger partial charge in [0.15, 0.2) is 12.0 Å². The van der Waals surface area contributed by atoms with Crippen molar-refractivity contribution in [3.63, 3.8) is 0 Å². The Kier molecular flexibility index (Phi) is 4.29. The van der Waals surface area contributed by atoms with E-state index in [4.69, 9.17) is 5.26 Å². The van der Waals surface area contributed by atoms with Gasteiger partial charge in [-0.1, -0.05) is 30.3 Å². The first-order chi connectivity index (χ1) is 11.2. The molecule has 2 heterocycles. The fourth-order valence-electron chi connectivity index (χ4n) is 2.81. The van der Waals surface area contributed by atoms with Gasteiger partial charge in [0.1, 0.15) is 0 Å². The van der Waals surface area contributed by atoms with Crippen molar-refractivity contribution in [2.24, 2.45) is 5.92 Å². The lowest BCUT2D eigenvalue weighted by atomic mass is 10.1. The second-order valence-electron chi connectivity index (χ2n) is 5.81. The summed E-state index contributed by atoms with van der Waals surface area (Å²) in [5, 5.41) is 11.7. The number of hydrogen-bond acceptors (Lipinski definition) is 4. The number of hydrogen-bond donors (Lipinski definition) is 1. The topological polar surface area (TPSA) is 74.0 Å². The molecule has 2 aromatic rings. The summed E-state index contributed by atoms with van der Waals surface area (Å²) >= 11 is 0. The smallest absolute Gasteiger partial charge is 0.230 e. The maximum absolute atomic E-state index is 12.2. The van der Waals surface area contributed by atoms with Crippen LogP contribution >= 0.6 is 0 Å². The molecule has 0 bridgehead atoms. The van der Waals surface area contributed by atoms with Crippen molar-refractivity contribution in [2.75, 3.05) is 18.4 Å². The number of amides is 1. The predicted octanol–water partition coefficient (Wildman–Crippen LogP) is 2.23. The number of likely N-dealkylation sites (tertiary alicyclic amines) is 1. The molecule has 1 aromatic heterocycles. The quantitative estimate of drug-likeness (QED) is 0.879. The maximum atomic E-state index is 12.2. The Bertz CT molecular complexity index is 718. The lowest BCUT2D eigenvalue weighted by Gasteiger charge is -2.13. The van der Waals surface area contributed by atoms with Gasteiger partial charge in [0.05, 0.1) is 18.3 Å². The van der Waals surface area contributed by atoms with E-state index >= 15 is 0 Å². The number of anilines is 1. The van der Waals surface area contributed by atoms with Crippen molar-refractivity contribution in [3.8, 4) is 6.19 Å². The first-order valence-electron chi connectivity index (χ1n) is 7.71. The first-order valence-corrected chi connectivity index (χ1v) is 7.71. The molecule has 1 saturated heterocycles. The van der Waals surface area contributed by atoms with Crippen molar-refractivity contribution >= 4 is 11.7 Å². The summed E-state index contributed by atoms with van der Waals surface area (Å²) in [4.78, 5) is 18.1. The third kappa shape index (κ3) is 3.34. The minimum atomic E-state index is -0.147. The van der Waals surface area contributed by atoms with Gasteiger partial charge in [-0.15, -0.1) is 0 Å². The Labute approximate surface area is 135 Å². The molecular weight excluding hydrogens is 290 g/mol. The molecule has 0 radical (unpaired) electrons. The molecule has 1 aliphatic rings. The van der Waals surface area contributed by atoms with Gasteiger partial charge in [0.2, 0.25) is 5.91 Å². The molecule has 1 N–H and O–H groups in total. The Hall–Kier alpha value is -2.81. The van der Waals surface area contributed by atoms with E-state index in [2.05, 4.69) is 35.6 Å². The number of benzene rings is 1. The van der Waals surface area contributed by atoms with Crippen LogP contribution in [-0.2, 0) is 4.79 Å². The minimum absolute atomic E-state index is 0.0691. The lowest BCUT2D eigenvalue weighted by molar-refractivity contribution is -0.119. The van der Waals surface area contributed by atoms with Gasteiger partial charge in [-0.25, -0.2) is 4.98 Å². The Morgan fingerprint density at radius 3 is 2.91 bits per heavy atom. The lowest BCUT2D eigenvalue weighted by Crippen LogP contribution is -2.25. The van der Waals surface area contributed by atoms with Crippen LogP contribution in [0.15, 0.2) is 42.9 Å². The summed E-state index contributed by atoms with van der Waals surface area (Å²) in [5.41, 5.74) is 1.18. The molecule has 2 atom stereocenters. The third-order valence-electron chi connectivity index (χ3n) is 4.28. The van der Waals surface area contributed by atoms with E-state index in [1.54, 1.807) is 11.2 Å². The van der Waals surface area contributed by atoms with Gasteiger partial charge in [0.25, 0.3) is 0 Å². The molecule has 0 spiro atoms. The summed E-state index contributed by atoms with van der Waals surface area (Å²) in [7, 11) is 0. The van der Waals surface area contributed by atoms with E-state index in [-0.39, 0.29) is 17.9 Å². The SMILES string of the molecule is C[C@H](c1ccccc1)n1cnc(NC(=O)[C@H]2CCN(C#N)C2)c1. The Morgan fingerprint density at radius 1 is 1.43 bits per heavy atom. The van der Waals surface area contributed by atoms with Gasteiger partial charge >= 0.3 is 0 Å². The normalized spacial score (nSPS) is 18.4. The fourth-order valence-corrected chi connectivity index (χ4v) is 2.81. The summed E-state index contributed by atoms with van der Waals surface area (Å²) < 4.78 is 1.97. The third-order valence-corrected chi connectivity index (χ3v) is 4.28. The molecule has 1 aliphatic heterocycles. The molecule has 118 valence electrons. The number of carbonyl (C=O) groups is 1. The first kappa shape index (κ1) is 15.1. The van der Waals surface area contributed by atoms with Crippen LogP contribution in [0.3, 0.4) is 0 Å². The number of nitriles is 1. The van der Waals surface area contributed by atoms with Crippen molar-refractivity contribution < 1.29 is 4.79 Å². The minimum Gasteiger partial charge on any atom is -0.328 e. The number of rotatable bonds is 4. The van der Waals surface area contributed by atoms with Crippen LogP contribution in [0.2, 0.25) is 0 Å². The molecular formula is C17H19N5O. The molecule has 1 amide bonds. The highest BCUT2D eigenvalue weighted by molar-refractivity contribution is 5.91. The maximum Gasteiger partial charge on any atom is 0.230 e. The average Bonchev–Trinajstić information content (AvgIpc) is 3.24. The van der Waals surface area contributed by atoms with Gasteiger partial charge < -0.3 is 14.8 Å². The fraction of sp³-hybridized carbons (Fsp3) is 0.353.